The molecule has 2 aliphatic rings. The maximum Gasteiger partial charge on any atom is 0.252 e. The molecular formula is C21H25N9O. The van der Waals surface area contributed by atoms with Crippen LogP contribution in [0.4, 0.5) is 5.69 Å². The van der Waals surface area contributed by atoms with Crippen molar-refractivity contribution in [3.63, 3.8) is 0 Å². The minimum Gasteiger partial charge on any atom is -0.364 e. The van der Waals surface area contributed by atoms with Gasteiger partial charge in [-0.2, -0.15) is 5.26 Å². The predicted octanol–water partition coefficient (Wildman–Crippen LogP) is 1.23. The van der Waals surface area contributed by atoms with Gasteiger partial charge in [0, 0.05) is 38.3 Å². The summed E-state index contributed by atoms with van der Waals surface area (Å²) in [5, 5.41) is 21.6. The maximum atomic E-state index is 12.6. The highest BCUT2D eigenvalue weighted by Crippen LogP contribution is 2.35. The summed E-state index contributed by atoms with van der Waals surface area (Å²) < 4.78 is 3.54. The Balaban J connectivity index is 1.45. The Morgan fingerprint density at radius 1 is 1.19 bits per heavy atom. The minimum atomic E-state index is -0.0834. The van der Waals surface area contributed by atoms with E-state index in [0.29, 0.717) is 23.8 Å². The molecule has 0 N–H and O–H groups in total. The van der Waals surface area contributed by atoms with E-state index in [-0.39, 0.29) is 17.6 Å². The van der Waals surface area contributed by atoms with E-state index in [9.17, 15) is 10.1 Å². The van der Waals surface area contributed by atoms with Gasteiger partial charge in [0.1, 0.15) is 17.3 Å². The van der Waals surface area contributed by atoms with Gasteiger partial charge in [0.25, 0.3) is 5.56 Å². The SMILES string of the molecule is C[C@@H]1CN(c2cc(=O)n(C)c3ccc(C#N)nc23)[C@@H](C)CN1Cc1nnnn1C1CC1. The van der Waals surface area contributed by atoms with Crippen molar-refractivity contribution >= 4 is 16.7 Å². The Labute approximate surface area is 179 Å². The van der Waals surface area contributed by atoms with E-state index in [1.165, 1.54) is 0 Å². The van der Waals surface area contributed by atoms with Crippen LogP contribution in [-0.4, -0.2) is 59.8 Å². The van der Waals surface area contributed by atoms with Crippen LogP contribution in [0.2, 0.25) is 0 Å². The maximum absolute atomic E-state index is 12.6. The molecule has 3 aromatic rings. The molecule has 2 atom stereocenters. The quantitative estimate of drug-likeness (QED) is 0.621. The molecule has 1 saturated carbocycles. The molecular weight excluding hydrogens is 394 g/mol. The average Bonchev–Trinajstić information content (AvgIpc) is 3.51. The van der Waals surface area contributed by atoms with Gasteiger partial charge in [-0.3, -0.25) is 9.69 Å². The van der Waals surface area contributed by atoms with Gasteiger partial charge in [-0.15, -0.1) is 5.10 Å². The molecule has 0 bridgehead atoms. The zero-order valence-electron chi connectivity index (χ0n) is 17.9. The highest BCUT2D eigenvalue weighted by molar-refractivity contribution is 5.89. The fourth-order valence-electron chi connectivity index (χ4n) is 4.45. The number of hydrogen-bond acceptors (Lipinski definition) is 8. The summed E-state index contributed by atoms with van der Waals surface area (Å²) in [6.45, 7) is 6.60. The van der Waals surface area contributed by atoms with Crippen molar-refractivity contribution in [1.29, 1.82) is 5.26 Å². The summed E-state index contributed by atoms with van der Waals surface area (Å²) in [6, 6.07) is 8.04. The van der Waals surface area contributed by atoms with E-state index in [2.05, 4.69) is 50.2 Å². The second-order valence-corrected chi connectivity index (χ2v) is 8.65. The van der Waals surface area contributed by atoms with Crippen LogP contribution in [0.1, 0.15) is 44.2 Å². The molecule has 5 rings (SSSR count). The Morgan fingerprint density at radius 3 is 2.74 bits per heavy atom. The van der Waals surface area contributed by atoms with Crippen molar-refractivity contribution in [2.45, 2.75) is 51.4 Å². The fourth-order valence-corrected chi connectivity index (χ4v) is 4.45. The summed E-state index contributed by atoms with van der Waals surface area (Å²) in [6.07, 6.45) is 2.29. The summed E-state index contributed by atoms with van der Waals surface area (Å²) in [5.41, 5.74) is 2.47. The molecule has 0 amide bonds. The van der Waals surface area contributed by atoms with Crippen LogP contribution in [-0.2, 0) is 13.6 Å². The number of rotatable bonds is 4. The lowest BCUT2D eigenvalue weighted by molar-refractivity contribution is 0.151. The molecule has 160 valence electrons. The Bertz CT molecular complexity index is 1240. The molecule has 0 spiro atoms. The third kappa shape index (κ3) is 3.45. The van der Waals surface area contributed by atoms with Gasteiger partial charge in [0.2, 0.25) is 0 Å². The average molecular weight is 419 g/mol. The standard InChI is InChI=1S/C21H25N9O/c1-13-11-29(14(2)10-28(13)12-19-24-25-26-30(19)16-5-6-16)18-8-20(31)27(3)17-7-4-15(9-22)23-21(17)18/h4,7-8,13-14,16H,5-6,10-12H2,1-3H3/t13-,14+/m1/s1. The van der Waals surface area contributed by atoms with Crippen LogP contribution in [0, 0.1) is 11.3 Å². The highest BCUT2D eigenvalue weighted by atomic mass is 16.1. The number of fused-ring (bicyclic) bond motifs is 1. The molecule has 0 aromatic carbocycles. The molecule has 2 fully saturated rings. The number of anilines is 1. The van der Waals surface area contributed by atoms with E-state index in [1.807, 2.05) is 4.68 Å². The van der Waals surface area contributed by atoms with Gasteiger partial charge in [-0.25, -0.2) is 9.67 Å². The lowest BCUT2D eigenvalue weighted by Gasteiger charge is -2.45. The summed E-state index contributed by atoms with van der Waals surface area (Å²) in [7, 11) is 1.73. The van der Waals surface area contributed by atoms with Gasteiger partial charge in [0.15, 0.2) is 5.82 Å². The van der Waals surface area contributed by atoms with E-state index >= 15 is 0 Å². The number of tetrazole rings is 1. The fraction of sp³-hybridized carbons (Fsp3) is 0.524. The third-order valence-electron chi connectivity index (χ3n) is 6.41. The number of piperazine rings is 1. The van der Waals surface area contributed by atoms with Crippen molar-refractivity contribution in [2.75, 3.05) is 18.0 Å². The van der Waals surface area contributed by atoms with Crippen molar-refractivity contribution in [3.8, 4) is 6.07 Å². The normalized spacial score (nSPS) is 22.1. The van der Waals surface area contributed by atoms with Gasteiger partial charge in [-0.05, 0) is 49.2 Å². The molecule has 10 nitrogen and oxygen atoms in total. The van der Waals surface area contributed by atoms with E-state index in [1.54, 1.807) is 29.8 Å². The van der Waals surface area contributed by atoms with Gasteiger partial charge >= 0.3 is 0 Å². The van der Waals surface area contributed by atoms with Gasteiger partial charge in [0.05, 0.1) is 23.8 Å². The second kappa shape index (κ2) is 7.42. The monoisotopic (exact) mass is 419 g/mol. The summed E-state index contributed by atoms with van der Waals surface area (Å²) in [5.74, 6) is 0.911. The predicted molar refractivity (Wildman–Crippen MR) is 114 cm³/mol. The molecule has 31 heavy (non-hydrogen) atoms. The van der Waals surface area contributed by atoms with Crippen molar-refractivity contribution in [1.82, 2.24) is 34.7 Å². The number of aryl methyl sites for hydroxylation is 1. The third-order valence-corrected chi connectivity index (χ3v) is 6.41. The van der Waals surface area contributed by atoms with Crippen LogP contribution in [0.5, 0.6) is 0 Å². The first kappa shape index (κ1) is 19.6. The second-order valence-electron chi connectivity index (χ2n) is 8.65. The van der Waals surface area contributed by atoms with Crippen molar-refractivity contribution in [2.24, 2.45) is 7.05 Å². The van der Waals surface area contributed by atoms with Crippen molar-refractivity contribution < 1.29 is 0 Å². The lowest BCUT2D eigenvalue weighted by atomic mass is 10.1. The number of aromatic nitrogens is 6. The molecule has 0 unspecified atom stereocenters. The molecule has 0 radical (unpaired) electrons. The lowest BCUT2D eigenvalue weighted by Crippen LogP contribution is -2.56. The molecule has 4 heterocycles. The van der Waals surface area contributed by atoms with Crippen LogP contribution in [0.3, 0.4) is 0 Å². The summed E-state index contributed by atoms with van der Waals surface area (Å²) in [4.78, 5) is 21.8. The zero-order chi connectivity index (χ0) is 21.7. The van der Waals surface area contributed by atoms with Crippen LogP contribution in [0.15, 0.2) is 23.0 Å². The number of pyridine rings is 2. The molecule has 1 saturated heterocycles. The smallest absolute Gasteiger partial charge is 0.252 e. The topological polar surface area (TPSA) is 109 Å². The highest BCUT2D eigenvalue weighted by Gasteiger charge is 2.33. The first-order valence-electron chi connectivity index (χ1n) is 10.6. The first-order chi connectivity index (χ1) is 15.0. The Kier molecular flexibility index (Phi) is 4.70. The first-order valence-corrected chi connectivity index (χ1v) is 10.6. The number of hydrogen-bond donors (Lipinski definition) is 0. The number of nitriles is 1. The molecule has 3 aromatic heterocycles. The molecule has 1 aliphatic heterocycles. The zero-order valence-corrected chi connectivity index (χ0v) is 17.9. The summed E-state index contributed by atoms with van der Waals surface area (Å²) >= 11 is 0. The number of nitrogens with zero attached hydrogens (tertiary/aromatic N) is 9. The van der Waals surface area contributed by atoms with E-state index in [0.717, 1.165) is 43.0 Å². The largest absolute Gasteiger partial charge is 0.364 e. The molecule has 10 heteroatoms. The van der Waals surface area contributed by atoms with Crippen LogP contribution in [0.25, 0.3) is 11.0 Å². The van der Waals surface area contributed by atoms with E-state index in [4.69, 9.17) is 0 Å². The Morgan fingerprint density at radius 2 is 2.00 bits per heavy atom. The van der Waals surface area contributed by atoms with Crippen LogP contribution < -0.4 is 10.5 Å². The van der Waals surface area contributed by atoms with Crippen LogP contribution >= 0.6 is 0 Å². The minimum absolute atomic E-state index is 0.0834. The molecule has 1 aliphatic carbocycles. The Hall–Kier alpha value is -3.32. The van der Waals surface area contributed by atoms with E-state index < -0.39 is 0 Å². The van der Waals surface area contributed by atoms with Crippen molar-refractivity contribution in [3.05, 3.63) is 40.1 Å². The van der Waals surface area contributed by atoms with Gasteiger partial charge < -0.3 is 9.47 Å². The van der Waals surface area contributed by atoms with Gasteiger partial charge in [-0.1, -0.05) is 0 Å².